The lowest BCUT2D eigenvalue weighted by Crippen LogP contribution is -2.41. The average Bonchev–Trinajstić information content (AvgIpc) is 2.77. The highest BCUT2D eigenvalue weighted by Gasteiger charge is 2.20. The minimum atomic E-state index is 0.674. The van der Waals surface area contributed by atoms with Gasteiger partial charge in [-0.2, -0.15) is 0 Å². The van der Waals surface area contributed by atoms with Crippen molar-refractivity contribution in [1.29, 1.82) is 0 Å². The van der Waals surface area contributed by atoms with Crippen LogP contribution in [-0.2, 0) is 13.1 Å². The van der Waals surface area contributed by atoms with Crippen molar-refractivity contribution in [3.63, 3.8) is 0 Å². The van der Waals surface area contributed by atoms with Crippen LogP contribution in [0.25, 0.3) is 0 Å². The average molecular weight is 253 g/mol. The van der Waals surface area contributed by atoms with Gasteiger partial charge in [0.2, 0.25) is 0 Å². The maximum absolute atomic E-state index is 5.64. The van der Waals surface area contributed by atoms with Crippen molar-refractivity contribution in [2.24, 2.45) is 5.73 Å². The van der Waals surface area contributed by atoms with E-state index < -0.39 is 0 Å². The lowest BCUT2D eigenvalue weighted by molar-refractivity contribution is 0.141. The molecule has 2 N–H and O–H groups in total. The predicted molar refractivity (Wildman–Crippen MR) is 74.2 cm³/mol. The van der Waals surface area contributed by atoms with E-state index in [1.165, 1.54) is 35.7 Å². The molecule has 0 aromatic carbocycles. The van der Waals surface area contributed by atoms with Gasteiger partial charge < -0.3 is 10.6 Å². The van der Waals surface area contributed by atoms with Crippen LogP contribution in [0.5, 0.6) is 0 Å². The highest BCUT2D eigenvalue weighted by atomic mass is 32.1. The number of nitrogens with two attached hydrogens (primary N) is 1. The largest absolute Gasteiger partial charge is 0.326 e. The molecule has 0 saturated carbocycles. The molecule has 2 heterocycles. The van der Waals surface area contributed by atoms with Crippen molar-refractivity contribution in [3.05, 3.63) is 21.9 Å². The Bertz CT molecular complexity index is 340. The van der Waals surface area contributed by atoms with Gasteiger partial charge in [0, 0.05) is 42.0 Å². The quantitative estimate of drug-likeness (QED) is 0.887. The summed E-state index contributed by atoms with van der Waals surface area (Å²) in [5, 5.41) is 0. The summed E-state index contributed by atoms with van der Waals surface area (Å²) in [6.07, 6.45) is 2.59. The van der Waals surface area contributed by atoms with Crippen LogP contribution >= 0.6 is 11.3 Å². The number of hydrogen-bond donors (Lipinski definition) is 1. The molecule has 17 heavy (non-hydrogen) atoms. The van der Waals surface area contributed by atoms with Crippen LogP contribution in [0, 0.1) is 0 Å². The molecule has 0 aliphatic carbocycles. The van der Waals surface area contributed by atoms with Crippen molar-refractivity contribution in [1.82, 2.24) is 9.80 Å². The Kier molecular flexibility index (Phi) is 4.56. The van der Waals surface area contributed by atoms with Crippen molar-refractivity contribution in [2.45, 2.75) is 32.0 Å². The van der Waals surface area contributed by atoms with Crippen molar-refractivity contribution in [3.8, 4) is 0 Å². The van der Waals surface area contributed by atoms with Gasteiger partial charge in [0.05, 0.1) is 0 Å². The summed E-state index contributed by atoms with van der Waals surface area (Å²) >= 11 is 1.86. The second kappa shape index (κ2) is 5.96. The minimum absolute atomic E-state index is 0.674. The zero-order chi connectivity index (χ0) is 12.3. The van der Waals surface area contributed by atoms with Gasteiger partial charge in [-0.25, -0.2) is 0 Å². The third-order valence-corrected chi connectivity index (χ3v) is 4.68. The van der Waals surface area contributed by atoms with E-state index in [9.17, 15) is 0 Å². The summed E-state index contributed by atoms with van der Waals surface area (Å²) in [6.45, 7) is 4.22. The number of hydrogen-bond acceptors (Lipinski definition) is 4. The standard InChI is InChI=1S/C13H23N3S/c1-15(2)11-5-7-16(8-6-11)10-13-4-3-12(9-14)17-13/h3-4,11H,5-10,14H2,1-2H3. The van der Waals surface area contributed by atoms with Gasteiger partial charge in [0.15, 0.2) is 0 Å². The predicted octanol–water partition coefficient (Wildman–Crippen LogP) is 1.73. The van der Waals surface area contributed by atoms with Crippen molar-refractivity contribution in [2.75, 3.05) is 27.2 Å². The summed E-state index contributed by atoms with van der Waals surface area (Å²) in [4.78, 5) is 7.66. The fourth-order valence-electron chi connectivity index (χ4n) is 2.43. The topological polar surface area (TPSA) is 32.5 Å². The van der Waals surface area contributed by atoms with Crippen molar-refractivity contribution >= 4 is 11.3 Å². The molecule has 96 valence electrons. The second-order valence-electron chi connectivity index (χ2n) is 5.04. The Morgan fingerprint density at radius 1 is 1.29 bits per heavy atom. The van der Waals surface area contributed by atoms with Crippen LogP contribution in [0.1, 0.15) is 22.6 Å². The van der Waals surface area contributed by atoms with E-state index in [2.05, 4.69) is 36.0 Å². The highest BCUT2D eigenvalue weighted by molar-refractivity contribution is 7.11. The number of nitrogens with zero attached hydrogens (tertiary/aromatic N) is 2. The molecule has 1 aromatic rings. The Labute approximate surface area is 108 Å². The number of rotatable bonds is 4. The van der Waals surface area contributed by atoms with Crippen LogP contribution in [0.2, 0.25) is 0 Å². The van der Waals surface area contributed by atoms with Crippen LogP contribution < -0.4 is 5.73 Å². The molecule has 0 spiro atoms. The molecule has 1 aliphatic rings. The summed E-state index contributed by atoms with van der Waals surface area (Å²) < 4.78 is 0. The minimum Gasteiger partial charge on any atom is -0.326 e. The van der Waals surface area contributed by atoms with E-state index in [0.29, 0.717) is 6.54 Å². The van der Waals surface area contributed by atoms with Gasteiger partial charge in [-0.15, -0.1) is 11.3 Å². The van der Waals surface area contributed by atoms with E-state index in [1.54, 1.807) is 0 Å². The SMILES string of the molecule is CN(C)C1CCN(Cc2ccc(CN)s2)CC1. The molecule has 0 amide bonds. The Morgan fingerprint density at radius 2 is 1.94 bits per heavy atom. The molecule has 2 rings (SSSR count). The molecule has 0 atom stereocenters. The molecular formula is C13H23N3S. The molecule has 4 heteroatoms. The van der Waals surface area contributed by atoms with Gasteiger partial charge in [-0.05, 0) is 39.1 Å². The van der Waals surface area contributed by atoms with E-state index in [-0.39, 0.29) is 0 Å². The fraction of sp³-hybridized carbons (Fsp3) is 0.692. The third-order valence-electron chi connectivity index (χ3n) is 3.59. The summed E-state index contributed by atoms with van der Waals surface area (Å²) in [7, 11) is 4.38. The molecular weight excluding hydrogens is 230 g/mol. The van der Waals surface area contributed by atoms with E-state index in [0.717, 1.165) is 12.6 Å². The molecule has 0 bridgehead atoms. The Hall–Kier alpha value is -0.420. The van der Waals surface area contributed by atoms with Gasteiger partial charge in [-0.1, -0.05) is 0 Å². The Balaban J connectivity index is 1.81. The van der Waals surface area contributed by atoms with Gasteiger partial charge >= 0.3 is 0 Å². The normalized spacial score (nSPS) is 19.1. The summed E-state index contributed by atoms with van der Waals surface area (Å²) in [5.74, 6) is 0. The highest BCUT2D eigenvalue weighted by Crippen LogP contribution is 2.21. The summed E-state index contributed by atoms with van der Waals surface area (Å²) in [6, 6.07) is 5.16. The van der Waals surface area contributed by atoms with Crippen LogP contribution in [-0.4, -0.2) is 43.0 Å². The van der Waals surface area contributed by atoms with E-state index in [4.69, 9.17) is 5.73 Å². The molecule has 1 fully saturated rings. The lowest BCUT2D eigenvalue weighted by atomic mass is 10.0. The maximum atomic E-state index is 5.64. The van der Waals surface area contributed by atoms with Crippen LogP contribution in [0.15, 0.2) is 12.1 Å². The molecule has 1 aromatic heterocycles. The summed E-state index contributed by atoms with van der Waals surface area (Å²) in [5.41, 5.74) is 5.64. The van der Waals surface area contributed by atoms with Gasteiger partial charge in [0.25, 0.3) is 0 Å². The molecule has 3 nitrogen and oxygen atoms in total. The van der Waals surface area contributed by atoms with Crippen LogP contribution in [0.3, 0.4) is 0 Å². The fourth-order valence-corrected chi connectivity index (χ4v) is 3.37. The van der Waals surface area contributed by atoms with Crippen molar-refractivity contribution < 1.29 is 0 Å². The smallest absolute Gasteiger partial charge is 0.0328 e. The van der Waals surface area contributed by atoms with Crippen LogP contribution in [0.4, 0.5) is 0 Å². The molecule has 1 saturated heterocycles. The first kappa shape index (κ1) is 13.0. The number of likely N-dealkylation sites (tertiary alicyclic amines) is 1. The zero-order valence-corrected chi connectivity index (χ0v) is 11.7. The number of piperidine rings is 1. The maximum Gasteiger partial charge on any atom is 0.0328 e. The molecule has 0 unspecified atom stereocenters. The van der Waals surface area contributed by atoms with E-state index in [1.807, 2.05) is 11.3 Å². The first-order valence-corrected chi connectivity index (χ1v) is 7.17. The monoisotopic (exact) mass is 253 g/mol. The van der Waals surface area contributed by atoms with Gasteiger partial charge in [0.1, 0.15) is 0 Å². The zero-order valence-electron chi connectivity index (χ0n) is 10.9. The third kappa shape index (κ3) is 3.52. The molecule has 0 radical (unpaired) electrons. The first-order chi connectivity index (χ1) is 8.19. The molecule has 1 aliphatic heterocycles. The van der Waals surface area contributed by atoms with Gasteiger partial charge in [-0.3, -0.25) is 4.90 Å². The first-order valence-electron chi connectivity index (χ1n) is 6.35. The van der Waals surface area contributed by atoms with E-state index >= 15 is 0 Å². The Morgan fingerprint density at radius 3 is 2.47 bits per heavy atom. The lowest BCUT2D eigenvalue weighted by Gasteiger charge is -2.34. The second-order valence-corrected chi connectivity index (χ2v) is 6.30. The number of thiophene rings is 1.